The zero-order valence-corrected chi connectivity index (χ0v) is 10.1. The van der Waals surface area contributed by atoms with E-state index in [2.05, 4.69) is 6.07 Å². The normalized spacial score (nSPS) is 18.6. The molecule has 0 amide bonds. The smallest absolute Gasteiger partial charge is 0.0991 e. The molecule has 1 saturated carbocycles. The average Bonchev–Trinajstić information content (AvgIpc) is 2.40. The van der Waals surface area contributed by atoms with E-state index in [1.807, 2.05) is 12.1 Å². The highest BCUT2D eigenvalue weighted by atomic mass is 16.3. The van der Waals surface area contributed by atoms with Crippen LogP contribution in [0.25, 0.3) is 0 Å². The van der Waals surface area contributed by atoms with Gasteiger partial charge in [0.2, 0.25) is 0 Å². The minimum absolute atomic E-state index is 0.411. The van der Waals surface area contributed by atoms with E-state index >= 15 is 0 Å². The maximum atomic E-state index is 10.2. The lowest BCUT2D eigenvalue weighted by Crippen LogP contribution is -2.11. The lowest BCUT2D eigenvalue weighted by molar-refractivity contribution is 0.131. The van der Waals surface area contributed by atoms with Crippen LogP contribution in [0, 0.1) is 17.2 Å². The Hall–Kier alpha value is -1.33. The topological polar surface area (TPSA) is 44.0 Å². The highest BCUT2D eigenvalue weighted by Gasteiger charge is 2.18. The van der Waals surface area contributed by atoms with Gasteiger partial charge in [-0.05, 0) is 30.0 Å². The molecule has 1 aromatic carbocycles. The summed E-state index contributed by atoms with van der Waals surface area (Å²) in [5.74, 6) is 0.657. The maximum Gasteiger partial charge on any atom is 0.0991 e. The van der Waals surface area contributed by atoms with Crippen molar-refractivity contribution < 1.29 is 5.11 Å². The molecule has 0 bridgehead atoms. The lowest BCUT2D eigenvalue weighted by atomic mass is 9.84. The fourth-order valence-electron chi connectivity index (χ4n) is 2.69. The van der Waals surface area contributed by atoms with Crippen LogP contribution in [0.5, 0.6) is 0 Å². The average molecular weight is 229 g/mol. The summed E-state index contributed by atoms with van der Waals surface area (Å²) in [6.45, 7) is 0. The molecule has 0 heterocycles. The van der Waals surface area contributed by atoms with Gasteiger partial charge in [0.05, 0.1) is 17.7 Å². The molecule has 0 aromatic heterocycles. The van der Waals surface area contributed by atoms with Gasteiger partial charge in [0.1, 0.15) is 0 Å². The van der Waals surface area contributed by atoms with Crippen LogP contribution >= 0.6 is 0 Å². The molecular weight excluding hydrogens is 210 g/mol. The van der Waals surface area contributed by atoms with Crippen molar-refractivity contribution in [3.05, 3.63) is 35.4 Å². The largest absolute Gasteiger partial charge is 0.388 e. The van der Waals surface area contributed by atoms with Crippen molar-refractivity contribution >= 4 is 0 Å². The van der Waals surface area contributed by atoms with Gasteiger partial charge >= 0.3 is 0 Å². The third kappa shape index (κ3) is 3.31. The third-order valence-electron chi connectivity index (χ3n) is 3.68. The van der Waals surface area contributed by atoms with Crippen LogP contribution in [0.4, 0.5) is 0 Å². The van der Waals surface area contributed by atoms with Crippen molar-refractivity contribution in [2.24, 2.45) is 5.92 Å². The van der Waals surface area contributed by atoms with Gasteiger partial charge in [-0.1, -0.05) is 44.2 Å². The predicted molar refractivity (Wildman–Crippen MR) is 67.3 cm³/mol. The summed E-state index contributed by atoms with van der Waals surface area (Å²) in [4.78, 5) is 0. The van der Waals surface area contributed by atoms with E-state index in [0.29, 0.717) is 11.5 Å². The standard InChI is InChI=1S/C15H19NO/c16-11-13-7-4-8-14(9-13)15(17)10-12-5-2-1-3-6-12/h4,7-9,12,15,17H,1-3,5-6,10H2. The lowest BCUT2D eigenvalue weighted by Gasteiger charge is -2.24. The minimum Gasteiger partial charge on any atom is -0.388 e. The number of hydrogen-bond donors (Lipinski definition) is 1. The van der Waals surface area contributed by atoms with Gasteiger partial charge in [0.25, 0.3) is 0 Å². The van der Waals surface area contributed by atoms with Crippen molar-refractivity contribution in [1.82, 2.24) is 0 Å². The zero-order chi connectivity index (χ0) is 12.1. The number of nitrogens with zero attached hydrogens (tertiary/aromatic N) is 1. The molecule has 90 valence electrons. The molecule has 1 N–H and O–H groups in total. The molecular formula is C15H19NO. The molecule has 2 rings (SSSR count). The Morgan fingerprint density at radius 2 is 2.06 bits per heavy atom. The van der Waals surface area contributed by atoms with Crippen molar-refractivity contribution in [3.8, 4) is 6.07 Å². The molecule has 1 unspecified atom stereocenters. The zero-order valence-electron chi connectivity index (χ0n) is 10.1. The van der Waals surface area contributed by atoms with E-state index in [-0.39, 0.29) is 0 Å². The molecule has 1 fully saturated rings. The Balaban J connectivity index is 1.98. The molecule has 0 radical (unpaired) electrons. The monoisotopic (exact) mass is 229 g/mol. The first kappa shape index (κ1) is 12.1. The summed E-state index contributed by atoms with van der Waals surface area (Å²) in [6, 6.07) is 9.44. The van der Waals surface area contributed by atoms with Gasteiger partial charge in [-0.3, -0.25) is 0 Å². The van der Waals surface area contributed by atoms with Crippen LogP contribution in [0.1, 0.15) is 55.8 Å². The number of hydrogen-bond acceptors (Lipinski definition) is 2. The summed E-state index contributed by atoms with van der Waals surface area (Å²) in [5, 5.41) is 19.0. The fraction of sp³-hybridized carbons (Fsp3) is 0.533. The Morgan fingerprint density at radius 3 is 2.76 bits per heavy atom. The number of rotatable bonds is 3. The molecule has 1 aliphatic rings. The number of aliphatic hydroxyl groups is 1. The summed E-state index contributed by atoms with van der Waals surface area (Å²) < 4.78 is 0. The minimum atomic E-state index is -0.411. The van der Waals surface area contributed by atoms with E-state index in [4.69, 9.17) is 5.26 Å². The van der Waals surface area contributed by atoms with Gasteiger partial charge in [-0.15, -0.1) is 0 Å². The number of nitriles is 1. The Labute approximate surface area is 103 Å². The molecule has 17 heavy (non-hydrogen) atoms. The molecule has 1 atom stereocenters. The van der Waals surface area contributed by atoms with Crippen molar-refractivity contribution in [1.29, 1.82) is 5.26 Å². The molecule has 2 heteroatoms. The van der Waals surface area contributed by atoms with Crippen LogP contribution in [-0.2, 0) is 0 Å². The number of benzene rings is 1. The molecule has 1 aromatic rings. The first-order valence-electron chi connectivity index (χ1n) is 6.47. The van der Waals surface area contributed by atoms with Gasteiger partial charge in [-0.25, -0.2) is 0 Å². The van der Waals surface area contributed by atoms with Crippen molar-refractivity contribution in [2.75, 3.05) is 0 Å². The quantitative estimate of drug-likeness (QED) is 0.861. The summed E-state index contributed by atoms with van der Waals surface area (Å²) in [6.07, 6.45) is 6.87. The van der Waals surface area contributed by atoms with Crippen LogP contribution in [-0.4, -0.2) is 5.11 Å². The summed E-state index contributed by atoms with van der Waals surface area (Å²) in [5.41, 5.74) is 1.51. The Kier molecular flexibility index (Phi) is 4.17. The van der Waals surface area contributed by atoms with Crippen LogP contribution in [0.3, 0.4) is 0 Å². The van der Waals surface area contributed by atoms with E-state index in [1.54, 1.807) is 12.1 Å². The second-order valence-corrected chi connectivity index (χ2v) is 4.99. The molecule has 0 aliphatic heterocycles. The van der Waals surface area contributed by atoms with E-state index in [0.717, 1.165) is 12.0 Å². The Bertz CT molecular complexity index is 402. The van der Waals surface area contributed by atoms with E-state index in [9.17, 15) is 5.11 Å². The predicted octanol–water partition coefficient (Wildman–Crippen LogP) is 3.56. The van der Waals surface area contributed by atoms with Gasteiger partial charge in [-0.2, -0.15) is 5.26 Å². The van der Waals surface area contributed by atoms with Crippen LogP contribution in [0.15, 0.2) is 24.3 Å². The fourth-order valence-corrected chi connectivity index (χ4v) is 2.69. The maximum absolute atomic E-state index is 10.2. The molecule has 0 spiro atoms. The molecule has 1 aliphatic carbocycles. The first-order chi connectivity index (χ1) is 8.29. The number of aliphatic hydroxyl groups excluding tert-OH is 1. The van der Waals surface area contributed by atoms with Crippen molar-refractivity contribution in [2.45, 2.75) is 44.6 Å². The van der Waals surface area contributed by atoms with Gasteiger partial charge in [0, 0.05) is 0 Å². The summed E-state index contributed by atoms with van der Waals surface area (Å²) in [7, 11) is 0. The van der Waals surface area contributed by atoms with Gasteiger partial charge in [0.15, 0.2) is 0 Å². The van der Waals surface area contributed by atoms with E-state index in [1.165, 1.54) is 32.1 Å². The summed E-state index contributed by atoms with van der Waals surface area (Å²) >= 11 is 0. The molecule has 2 nitrogen and oxygen atoms in total. The second-order valence-electron chi connectivity index (χ2n) is 4.99. The molecule has 0 saturated heterocycles. The third-order valence-corrected chi connectivity index (χ3v) is 3.68. The second kappa shape index (κ2) is 5.84. The van der Waals surface area contributed by atoms with Crippen LogP contribution in [0.2, 0.25) is 0 Å². The SMILES string of the molecule is N#Cc1cccc(C(O)CC2CCCCC2)c1. The first-order valence-corrected chi connectivity index (χ1v) is 6.47. The van der Waals surface area contributed by atoms with Crippen LogP contribution < -0.4 is 0 Å². The van der Waals surface area contributed by atoms with Crippen molar-refractivity contribution in [3.63, 3.8) is 0 Å². The van der Waals surface area contributed by atoms with Gasteiger partial charge < -0.3 is 5.11 Å². The highest BCUT2D eigenvalue weighted by molar-refractivity contribution is 5.33. The Morgan fingerprint density at radius 1 is 1.29 bits per heavy atom. The van der Waals surface area contributed by atoms with E-state index < -0.39 is 6.10 Å². The highest BCUT2D eigenvalue weighted by Crippen LogP contribution is 2.31.